The van der Waals surface area contributed by atoms with Crippen molar-refractivity contribution in [3.63, 3.8) is 0 Å². The van der Waals surface area contributed by atoms with Crippen LogP contribution in [-0.4, -0.2) is 11.7 Å². The fourth-order valence-corrected chi connectivity index (χ4v) is 2.69. The third-order valence-electron chi connectivity index (χ3n) is 3.76. The van der Waals surface area contributed by atoms with Crippen LogP contribution in [0.2, 0.25) is 0 Å². The molecule has 0 aliphatic heterocycles. The van der Waals surface area contributed by atoms with Gasteiger partial charge in [-0.1, -0.05) is 39.0 Å². The molecule has 0 heterocycles. The molecular formula is C14H21NO. The van der Waals surface area contributed by atoms with Crippen LogP contribution in [0.25, 0.3) is 0 Å². The third kappa shape index (κ3) is 1.66. The molecule has 0 fully saturated rings. The summed E-state index contributed by atoms with van der Waals surface area (Å²) in [6, 6.07) is 6.46. The molecule has 1 aliphatic carbocycles. The van der Waals surface area contributed by atoms with Crippen molar-refractivity contribution in [2.75, 3.05) is 6.54 Å². The first-order valence-electron chi connectivity index (χ1n) is 6.04. The van der Waals surface area contributed by atoms with E-state index in [0.29, 0.717) is 18.4 Å². The highest BCUT2D eigenvalue weighted by atomic mass is 16.3. The maximum absolute atomic E-state index is 10.5. The molecule has 0 saturated heterocycles. The van der Waals surface area contributed by atoms with E-state index >= 15 is 0 Å². The van der Waals surface area contributed by atoms with E-state index in [1.165, 1.54) is 11.1 Å². The number of aliphatic hydroxyl groups is 1. The number of hydrogen-bond acceptors (Lipinski definition) is 2. The molecule has 1 aliphatic rings. The van der Waals surface area contributed by atoms with Crippen molar-refractivity contribution in [3.05, 3.63) is 34.9 Å². The summed E-state index contributed by atoms with van der Waals surface area (Å²) in [5, 5.41) is 10.5. The zero-order valence-corrected chi connectivity index (χ0v) is 10.3. The summed E-state index contributed by atoms with van der Waals surface area (Å²) in [7, 11) is 0. The topological polar surface area (TPSA) is 46.2 Å². The van der Waals surface area contributed by atoms with Crippen molar-refractivity contribution in [3.8, 4) is 0 Å². The van der Waals surface area contributed by atoms with Gasteiger partial charge in [0.1, 0.15) is 5.60 Å². The molecule has 0 amide bonds. The van der Waals surface area contributed by atoms with Crippen molar-refractivity contribution < 1.29 is 5.11 Å². The molecule has 16 heavy (non-hydrogen) atoms. The van der Waals surface area contributed by atoms with Gasteiger partial charge in [0.2, 0.25) is 0 Å². The molecule has 1 aromatic rings. The zero-order chi connectivity index (χ0) is 11.9. The fourth-order valence-electron chi connectivity index (χ4n) is 2.69. The van der Waals surface area contributed by atoms with Gasteiger partial charge in [0.25, 0.3) is 0 Å². The molecule has 2 nitrogen and oxygen atoms in total. The van der Waals surface area contributed by atoms with Crippen LogP contribution in [0, 0.1) is 0 Å². The highest BCUT2D eigenvalue weighted by Crippen LogP contribution is 2.44. The van der Waals surface area contributed by atoms with E-state index < -0.39 is 5.60 Å². The number of fused-ring (bicyclic) bond motifs is 1. The van der Waals surface area contributed by atoms with Crippen LogP contribution >= 0.6 is 0 Å². The minimum absolute atomic E-state index is 0.311. The molecule has 0 bridgehead atoms. The Morgan fingerprint density at radius 1 is 1.50 bits per heavy atom. The Kier molecular flexibility index (Phi) is 2.81. The van der Waals surface area contributed by atoms with Gasteiger partial charge in [-0.25, -0.2) is 0 Å². The normalized spacial score (nSPS) is 28.5. The van der Waals surface area contributed by atoms with Crippen molar-refractivity contribution in [1.82, 2.24) is 0 Å². The van der Waals surface area contributed by atoms with Crippen molar-refractivity contribution >= 4 is 0 Å². The first-order valence-corrected chi connectivity index (χ1v) is 6.04. The lowest BCUT2D eigenvalue weighted by atomic mass is 9.92. The Morgan fingerprint density at radius 3 is 2.75 bits per heavy atom. The number of rotatable bonds is 2. The molecular weight excluding hydrogens is 198 g/mol. The van der Waals surface area contributed by atoms with Crippen molar-refractivity contribution in [1.29, 1.82) is 0 Å². The van der Waals surface area contributed by atoms with Crippen LogP contribution < -0.4 is 5.73 Å². The quantitative estimate of drug-likeness (QED) is 0.802. The summed E-state index contributed by atoms with van der Waals surface area (Å²) in [4.78, 5) is 0. The van der Waals surface area contributed by atoms with Crippen LogP contribution in [0.5, 0.6) is 0 Å². The molecule has 88 valence electrons. The Labute approximate surface area is 97.5 Å². The fraction of sp³-hybridized carbons (Fsp3) is 0.571. The predicted molar refractivity (Wildman–Crippen MR) is 66.5 cm³/mol. The van der Waals surface area contributed by atoms with Crippen LogP contribution in [0.15, 0.2) is 18.2 Å². The third-order valence-corrected chi connectivity index (χ3v) is 3.76. The van der Waals surface area contributed by atoms with E-state index in [9.17, 15) is 5.11 Å². The van der Waals surface area contributed by atoms with Crippen LogP contribution in [-0.2, 0) is 5.60 Å². The largest absolute Gasteiger partial charge is 0.384 e. The minimum atomic E-state index is -0.806. The molecule has 0 aromatic heterocycles. The molecule has 0 saturated carbocycles. The van der Waals surface area contributed by atoms with E-state index in [1.54, 1.807) is 0 Å². The average molecular weight is 219 g/mol. The summed E-state index contributed by atoms with van der Waals surface area (Å²) in [5.74, 6) is 0.896. The Bertz CT molecular complexity index is 400. The van der Waals surface area contributed by atoms with Crippen LogP contribution in [0.1, 0.15) is 55.7 Å². The highest BCUT2D eigenvalue weighted by Gasteiger charge is 2.39. The summed E-state index contributed by atoms with van der Waals surface area (Å²) >= 11 is 0. The molecule has 3 N–H and O–H groups in total. The zero-order valence-electron chi connectivity index (χ0n) is 10.3. The van der Waals surface area contributed by atoms with E-state index in [-0.39, 0.29) is 0 Å². The second-order valence-electron chi connectivity index (χ2n) is 5.34. The van der Waals surface area contributed by atoms with Crippen LogP contribution in [0.4, 0.5) is 0 Å². The molecule has 2 atom stereocenters. The lowest BCUT2D eigenvalue weighted by Crippen LogP contribution is -2.32. The second-order valence-corrected chi connectivity index (χ2v) is 5.34. The Hall–Kier alpha value is -0.860. The first-order chi connectivity index (χ1) is 7.48. The minimum Gasteiger partial charge on any atom is -0.384 e. The maximum atomic E-state index is 10.5. The standard InChI is InChI=1S/C14H21NO/c1-9(2)11-4-5-12-10(3)7-14(16,8-15)13(12)6-11/h4-6,9-10,16H,7-8,15H2,1-3H3. The van der Waals surface area contributed by atoms with Gasteiger partial charge in [0, 0.05) is 6.54 Å². The van der Waals surface area contributed by atoms with Crippen molar-refractivity contribution in [2.45, 2.75) is 44.6 Å². The maximum Gasteiger partial charge on any atom is 0.103 e. The highest BCUT2D eigenvalue weighted by molar-refractivity contribution is 5.43. The predicted octanol–water partition coefficient (Wildman–Crippen LogP) is 2.46. The van der Waals surface area contributed by atoms with Gasteiger partial charge in [-0.15, -0.1) is 0 Å². The van der Waals surface area contributed by atoms with Gasteiger partial charge >= 0.3 is 0 Å². The van der Waals surface area contributed by atoms with E-state index in [1.807, 2.05) is 0 Å². The summed E-state index contributed by atoms with van der Waals surface area (Å²) in [5.41, 5.74) is 8.50. The average Bonchev–Trinajstić information content (AvgIpc) is 2.52. The summed E-state index contributed by atoms with van der Waals surface area (Å²) in [6.07, 6.45) is 0.750. The van der Waals surface area contributed by atoms with Gasteiger partial charge < -0.3 is 10.8 Å². The molecule has 1 aromatic carbocycles. The summed E-state index contributed by atoms with van der Waals surface area (Å²) < 4.78 is 0. The second kappa shape index (κ2) is 3.86. The lowest BCUT2D eigenvalue weighted by molar-refractivity contribution is 0.0439. The number of hydrogen-bond donors (Lipinski definition) is 2. The van der Waals surface area contributed by atoms with Crippen molar-refractivity contribution in [2.24, 2.45) is 5.73 Å². The van der Waals surface area contributed by atoms with Gasteiger partial charge in [0.15, 0.2) is 0 Å². The molecule has 0 spiro atoms. The molecule has 2 rings (SSSR count). The first kappa shape index (κ1) is 11.6. The Morgan fingerprint density at radius 2 is 2.19 bits per heavy atom. The SMILES string of the molecule is CC(C)c1ccc2c(c1)C(O)(CN)CC2C. The molecule has 2 heteroatoms. The molecule has 2 unspecified atom stereocenters. The Balaban J connectivity index is 2.52. The number of benzene rings is 1. The monoisotopic (exact) mass is 219 g/mol. The van der Waals surface area contributed by atoms with E-state index in [2.05, 4.69) is 39.0 Å². The van der Waals surface area contributed by atoms with Crippen LogP contribution in [0.3, 0.4) is 0 Å². The van der Waals surface area contributed by atoms with Gasteiger partial charge in [0.05, 0.1) is 0 Å². The number of nitrogens with two attached hydrogens (primary N) is 1. The lowest BCUT2D eigenvalue weighted by Gasteiger charge is -2.22. The smallest absolute Gasteiger partial charge is 0.103 e. The van der Waals surface area contributed by atoms with Gasteiger partial charge in [-0.2, -0.15) is 0 Å². The van der Waals surface area contributed by atoms with Gasteiger partial charge in [-0.05, 0) is 34.9 Å². The molecule has 0 radical (unpaired) electrons. The van der Waals surface area contributed by atoms with E-state index in [0.717, 1.165) is 12.0 Å². The summed E-state index contributed by atoms with van der Waals surface area (Å²) in [6.45, 7) is 6.80. The van der Waals surface area contributed by atoms with E-state index in [4.69, 9.17) is 5.73 Å². The van der Waals surface area contributed by atoms with Gasteiger partial charge in [-0.3, -0.25) is 0 Å².